The number of carbonyl (C=O) groups excluding carboxylic acids is 1. The Labute approximate surface area is 83.5 Å². The summed E-state index contributed by atoms with van der Waals surface area (Å²) >= 11 is 0. The second-order valence-electron chi connectivity index (χ2n) is 3.93. The van der Waals surface area contributed by atoms with Crippen molar-refractivity contribution in [3.05, 3.63) is 17.2 Å². The minimum atomic E-state index is 0.0459. The summed E-state index contributed by atoms with van der Waals surface area (Å²) in [5, 5.41) is 0. The monoisotopic (exact) mass is 193 g/mol. The first kappa shape index (κ1) is 9.40. The quantitative estimate of drug-likeness (QED) is 0.613. The number of Topliss-reactive ketones (excluding diaryl/α,β-unsaturated/α-hetero) is 1. The Balaban J connectivity index is 2.45. The van der Waals surface area contributed by atoms with E-state index in [1.165, 1.54) is 5.69 Å². The highest BCUT2D eigenvalue weighted by Crippen LogP contribution is 2.18. The second-order valence-corrected chi connectivity index (χ2v) is 3.93. The van der Waals surface area contributed by atoms with Crippen LogP contribution in [0.25, 0.3) is 0 Å². The van der Waals surface area contributed by atoms with Crippen molar-refractivity contribution < 1.29 is 4.79 Å². The molecule has 0 saturated carbocycles. The van der Waals surface area contributed by atoms with Crippen molar-refractivity contribution in [2.75, 3.05) is 13.6 Å². The van der Waals surface area contributed by atoms with E-state index in [1.54, 1.807) is 6.92 Å². The number of hydrogen-bond acceptors (Lipinski definition) is 3. The van der Waals surface area contributed by atoms with E-state index in [9.17, 15) is 4.79 Å². The molecule has 0 N–H and O–H groups in total. The van der Waals surface area contributed by atoms with Crippen LogP contribution in [0.15, 0.2) is 0 Å². The van der Waals surface area contributed by atoms with Gasteiger partial charge in [0.15, 0.2) is 11.6 Å². The van der Waals surface area contributed by atoms with Crippen molar-refractivity contribution in [1.29, 1.82) is 0 Å². The van der Waals surface area contributed by atoms with E-state index in [4.69, 9.17) is 0 Å². The van der Waals surface area contributed by atoms with Gasteiger partial charge in [-0.05, 0) is 7.05 Å². The Morgan fingerprint density at radius 2 is 2.14 bits per heavy atom. The molecular weight excluding hydrogens is 178 g/mol. The minimum Gasteiger partial charge on any atom is -0.328 e. The molecule has 0 bridgehead atoms. The van der Waals surface area contributed by atoms with Crippen LogP contribution in [0.4, 0.5) is 0 Å². The van der Waals surface area contributed by atoms with Crippen LogP contribution in [0.3, 0.4) is 0 Å². The van der Waals surface area contributed by atoms with Gasteiger partial charge in [-0.1, -0.05) is 0 Å². The molecule has 1 aromatic heterocycles. The molecule has 0 atom stereocenters. The Hall–Kier alpha value is -1.16. The van der Waals surface area contributed by atoms with E-state index in [0.717, 1.165) is 25.2 Å². The van der Waals surface area contributed by atoms with Gasteiger partial charge in [0.25, 0.3) is 0 Å². The Morgan fingerprint density at radius 3 is 2.79 bits per heavy atom. The number of aromatic nitrogens is 2. The molecule has 1 aliphatic rings. The SMILES string of the molecule is CC(=O)c1nc2c(n1C)CCN(C)C2. The first-order valence-electron chi connectivity index (χ1n) is 4.83. The van der Waals surface area contributed by atoms with Gasteiger partial charge in [0.1, 0.15) is 0 Å². The number of nitrogens with zero attached hydrogens (tertiary/aromatic N) is 3. The molecule has 4 nitrogen and oxygen atoms in total. The van der Waals surface area contributed by atoms with Crippen LogP contribution in [0, 0.1) is 0 Å². The number of hydrogen-bond donors (Lipinski definition) is 0. The first-order valence-corrected chi connectivity index (χ1v) is 4.83. The molecule has 0 aliphatic carbocycles. The highest BCUT2D eigenvalue weighted by Gasteiger charge is 2.21. The number of fused-ring (bicyclic) bond motifs is 1. The molecule has 0 fully saturated rings. The molecule has 1 aliphatic heterocycles. The predicted octanol–water partition coefficient (Wildman–Crippen LogP) is 0.611. The summed E-state index contributed by atoms with van der Waals surface area (Å²) in [5.74, 6) is 0.634. The summed E-state index contributed by atoms with van der Waals surface area (Å²) in [4.78, 5) is 17.9. The minimum absolute atomic E-state index is 0.0459. The third-order valence-electron chi connectivity index (χ3n) is 2.76. The van der Waals surface area contributed by atoms with Gasteiger partial charge in [-0.3, -0.25) is 4.79 Å². The summed E-state index contributed by atoms with van der Waals surface area (Å²) in [7, 11) is 4.00. The van der Waals surface area contributed by atoms with E-state index < -0.39 is 0 Å². The molecule has 0 saturated heterocycles. The summed E-state index contributed by atoms with van der Waals surface area (Å²) in [6.07, 6.45) is 0.989. The van der Waals surface area contributed by atoms with Gasteiger partial charge >= 0.3 is 0 Å². The lowest BCUT2D eigenvalue weighted by atomic mass is 10.1. The normalized spacial score (nSPS) is 16.8. The van der Waals surface area contributed by atoms with Crippen molar-refractivity contribution in [2.24, 2.45) is 7.05 Å². The predicted molar refractivity (Wildman–Crippen MR) is 53.3 cm³/mol. The Bertz CT molecular complexity index is 381. The average molecular weight is 193 g/mol. The van der Waals surface area contributed by atoms with E-state index in [2.05, 4.69) is 16.9 Å². The van der Waals surface area contributed by atoms with Crippen LogP contribution in [0.1, 0.15) is 28.9 Å². The van der Waals surface area contributed by atoms with E-state index in [-0.39, 0.29) is 5.78 Å². The Morgan fingerprint density at radius 1 is 1.43 bits per heavy atom. The molecule has 0 amide bonds. The maximum atomic E-state index is 11.3. The fourth-order valence-corrected chi connectivity index (χ4v) is 1.97. The maximum absolute atomic E-state index is 11.3. The third kappa shape index (κ3) is 1.35. The number of ketones is 1. The van der Waals surface area contributed by atoms with Gasteiger partial charge in [-0.25, -0.2) is 4.98 Å². The molecule has 2 heterocycles. The largest absolute Gasteiger partial charge is 0.328 e. The standard InChI is InChI=1S/C10H15N3O/c1-7(14)10-11-8-6-12(2)5-4-9(8)13(10)3/h4-6H2,1-3H3. The molecule has 14 heavy (non-hydrogen) atoms. The molecule has 1 aromatic rings. The van der Waals surface area contributed by atoms with Gasteiger partial charge in [0.05, 0.1) is 5.69 Å². The first-order chi connectivity index (χ1) is 6.59. The average Bonchev–Trinajstić information content (AvgIpc) is 2.43. The fourth-order valence-electron chi connectivity index (χ4n) is 1.97. The summed E-state index contributed by atoms with van der Waals surface area (Å²) < 4.78 is 1.94. The number of imidazole rings is 1. The summed E-state index contributed by atoms with van der Waals surface area (Å²) in [6, 6.07) is 0. The van der Waals surface area contributed by atoms with E-state index >= 15 is 0 Å². The molecule has 76 valence electrons. The van der Waals surface area contributed by atoms with Crippen molar-refractivity contribution in [3.8, 4) is 0 Å². The molecule has 0 unspecified atom stereocenters. The van der Waals surface area contributed by atoms with Crippen LogP contribution in [0.2, 0.25) is 0 Å². The van der Waals surface area contributed by atoms with Crippen molar-refractivity contribution in [2.45, 2.75) is 19.9 Å². The highest BCUT2D eigenvalue weighted by atomic mass is 16.1. The van der Waals surface area contributed by atoms with Crippen LogP contribution in [0.5, 0.6) is 0 Å². The van der Waals surface area contributed by atoms with Gasteiger partial charge in [0, 0.05) is 39.2 Å². The molecule has 0 radical (unpaired) electrons. The van der Waals surface area contributed by atoms with Crippen LogP contribution in [-0.2, 0) is 20.0 Å². The van der Waals surface area contributed by atoms with Gasteiger partial charge in [-0.15, -0.1) is 0 Å². The lowest BCUT2D eigenvalue weighted by Crippen LogP contribution is -2.27. The smallest absolute Gasteiger partial charge is 0.195 e. The number of carbonyl (C=O) groups is 1. The lowest BCUT2D eigenvalue weighted by Gasteiger charge is -2.21. The van der Waals surface area contributed by atoms with Crippen LogP contribution >= 0.6 is 0 Å². The number of likely N-dealkylation sites (N-methyl/N-ethyl adjacent to an activating group) is 1. The third-order valence-corrected chi connectivity index (χ3v) is 2.76. The molecule has 0 spiro atoms. The van der Waals surface area contributed by atoms with Gasteiger partial charge in [0.2, 0.25) is 0 Å². The van der Waals surface area contributed by atoms with Crippen LogP contribution in [-0.4, -0.2) is 33.8 Å². The summed E-state index contributed by atoms with van der Waals surface area (Å²) in [6.45, 7) is 3.47. The maximum Gasteiger partial charge on any atom is 0.195 e. The molecular formula is C10H15N3O. The van der Waals surface area contributed by atoms with Crippen molar-refractivity contribution in [1.82, 2.24) is 14.5 Å². The van der Waals surface area contributed by atoms with Gasteiger partial charge in [-0.2, -0.15) is 0 Å². The molecule has 4 heteroatoms. The van der Waals surface area contributed by atoms with Crippen molar-refractivity contribution in [3.63, 3.8) is 0 Å². The van der Waals surface area contributed by atoms with E-state index in [1.807, 2.05) is 11.6 Å². The zero-order valence-corrected chi connectivity index (χ0v) is 8.87. The van der Waals surface area contributed by atoms with E-state index in [0.29, 0.717) is 5.82 Å². The topological polar surface area (TPSA) is 38.1 Å². The fraction of sp³-hybridized carbons (Fsp3) is 0.600. The zero-order valence-electron chi connectivity index (χ0n) is 8.87. The van der Waals surface area contributed by atoms with Crippen LogP contribution < -0.4 is 0 Å². The molecule has 0 aromatic carbocycles. The lowest BCUT2D eigenvalue weighted by molar-refractivity contribution is 0.100. The second kappa shape index (κ2) is 3.20. The van der Waals surface area contributed by atoms with Gasteiger partial charge < -0.3 is 9.47 Å². The van der Waals surface area contributed by atoms with Crippen molar-refractivity contribution >= 4 is 5.78 Å². The Kier molecular flexibility index (Phi) is 2.15. The zero-order chi connectivity index (χ0) is 10.3. The number of rotatable bonds is 1. The summed E-state index contributed by atoms with van der Waals surface area (Å²) in [5.41, 5.74) is 2.28. The highest BCUT2D eigenvalue weighted by molar-refractivity contribution is 5.90. The molecule has 2 rings (SSSR count).